The maximum atomic E-state index is 11.5. The summed E-state index contributed by atoms with van der Waals surface area (Å²) in [7, 11) is -4.86. The Labute approximate surface area is 151 Å². The third kappa shape index (κ3) is 3.44. The Hall–Kier alpha value is -2.77. The number of phenols is 1. The standard InChI is InChI=1S/C19H18N2O4S/c1-11-5-7-16(13(3)8-11)20-21-18-15-6-4-12(2)9-14(15)10-17(19(18)22)26(23,24)25/h4-10,22H,1-3H3,(H,23,24,25)/p-1. The molecule has 7 heteroatoms. The molecule has 0 bridgehead atoms. The minimum absolute atomic E-state index is 0.0445. The molecule has 0 radical (unpaired) electrons. The summed E-state index contributed by atoms with van der Waals surface area (Å²) >= 11 is 0. The van der Waals surface area contributed by atoms with E-state index in [-0.39, 0.29) is 5.69 Å². The van der Waals surface area contributed by atoms with Crippen molar-refractivity contribution >= 4 is 32.3 Å². The molecule has 0 aliphatic carbocycles. The van der Waals surface area contributed by atoms with Crippen LogP contribution in [0.1, 0.15) is 16.7 Å². The average Bonchev–Trinajstić information content (AvgIpc) is 2.54. The number of benzene rings is 3. The van der Waals surface area contributed by atoms with Gasteiger partial charge in [0.15, 0.2) is 5.75 Å². The van der Waals surface area contributed by atoms with Gasteiger partial charge in [-0.3, -0.25) is 0 Å². The molecule has 1 N–H and O–H groups in total. The molecular weight excluding hydrogens is 352 g/mol. The van der Waals surface area contributed by atoms with Crippen LogP contribution in [0.3, 0.4) is 0 Å². The van der Waals surface area contributed by atoms with Crippen molar-refractivity contribution in [2.45, 2.75) is 25.7 Å². The van der Waals surface area contributed by atoms with Crippen molar-refractivity contribution in [3.63, 3.8) is 0 Å². The van der Waals surface area contributed by atoms with Gasteiger partial charge in [-0.15, -0.1) is 5.11 Å². The van der Waals surface area contributed by atoms with Gasteiger partial charge in [0.25, 0.3) is 0 Å². The molecule has 134 valence electrons. The van der Waals surface area contributed by atoms with Crippen molar-refractivity contribution in [1.29, 1.82) is 0 Å². The molecule has 0 atom stereocenters. The zero-order chi connectivity index (χ0) is 19.1. The average molecular weight is 369 g/mol. The van der Waals surface area contributed by atoms with Gasteiger partial charge in [-0.05, 0) is 43.9 Å². The molecule has 0 saturated heterocycles. The van der Waals surface area contributed by atoms with Gasteiger partial charge in [-0.25, -0.2) is 8.42 Å². The highest BCUT2D eigenvalue weighted by atomic mass is 32.2. The highest BCUT2D eigenvalue weighted by molar-refractivity contribution is 7.85. The van der Waals surface area contributed by atoms with Crippen LogP contribution < -0.4 is 0 Å². The molecule has 3 aromatic rings. The molecule has 0 aromatic heterocycles. The van der Waals surface area contributed by atoms with Gasteiger partial charge < -0.3 is 9.66 Å². The molecule has 0 heterocycles. The van der Waals surface area contributed by atoms with Crippen molar-refractivity contribution in [2.75, 3.05) is 0 Å². The lowest BCUT2D eigenvalue weighted by Gasteiger charge is -2.13. The third-order valence-corrected chi connectivity index (χ3v) is 4.94. The summed E-state index contributed by atoms with van der Waals surface area (Å²) in [6.45, 7) is 5.67. The number of fused-ring (bicyclic) bond motifs is 1. The van der Waals surface area contributed by atoms with Crippen molar-refractivity contribution in [3.8, 4) is 5.75 Å². The smallest absolute Gasteiger partial charge is 0.161 e. The summed E-state index contributed by atoms with van der Waals surface area (Å²) in [4.78, 5) is -0.704. The lowest BCUT2D eigenvalue weighted by molar-refractivity contribution is 0.437. The predicted molar refractivity (Wildman–Crippen MR) is 98.4 cm³/mol. The van der Waals surface area contributed by atoms with Crippen molar-refractivity contribution in [3.05, 3.63) is 59.2 Å². The van der Waals surface area contributed by atoms with E-state index in [0.29, 0.717) is 16.5 Å². The van der Waals surface area contributed by atoms with Crippen LogP contribution in [0.25, 0.3) is 10.8 Å². The summed E-state index contributed by atoms with van der Waals surface area (Å²) < 4.78 is 34.5. The van der Waals surface area contributed by atoms with E-state index in [1.807, 2.05) is 39.0 Å². The number of rotatable bonds is 3. The Kier molecular flexibility index (Phi) is 4.52. The van der Waals surface area contributed by atoms with Crippen molar-refractivity contribution in [2.24, 2.45) is 10.2 Å². The minimum Gasteiger partial charge on any atom is -0.744 e. The first-order chi connectivity index (χ1) is 12.2. The van der Waals surface area contributed by atoms with E-state index < -0.39 is 20.8 Å². The molecule has 6 nitrogen and oxygen atoms in total. The maximum absolute atomic E-state index is 11.5. The van der Waals surface area contributed by atoms with Gasteiger partial charge >= 0.3 is 0 Å². The zero-order valence-electron chi connectivity index (χ0n) is 14.5. The Morgan fingerprint density at radius 3 is 2.23 bits per heavy atom. The molecule has 0 spiro atoms. The first-order valence-electron chi connectivity index (χ1n) is 7.88. The lowest BCUT2D eigenvalue weighted by Crippen LogP contribution is -1.99. The molecular formula is C19H17N2O4S-. The number of nitrogens with zero attached hydrogens (tertiary/aromatic N) is 2. The zero-order valence-corrected chi connectivity index (χ0v) is 15.3. The molecule has 26 heavy (non-hydrogen) atoms. The maximum Gasteiger partial charge on any atom is 0.161 e. The van der Waals surface area contributed by atoms with Gasteiger partial charge in [-0.2, -0.15) is 5.11 Å². The molecule has 0 unspecified atom stereocenters. The Morgan fingerprint density at radius 2 is 1.58 bits per heavy atom. The van der Waals surface area contributed by atoms with E-state index in [1.54, 1.807) is 18.2 Å². The number of aryl methyl sites for hydroxylation is 3. The van der Waals surface area contributed by atoms with E-state index in [2.05, 4.69) is 10.2 Å². The van der Waals surface area contributed by atoms with E-state index in [4.69, 9.17) is 0 Å². The molecule has 0 aliphatic rings. The van der Waals surface area contributed by atoms with E-state index in [1.165, 1.54) is 0 Å². The van der Waals surface area contributed by atoms with Crippen LogP contribution in [0.2, 0.25) is 0 Å². The van der Waals surface area contributed by atoms with E-state index in [0.717, 1.165) is 22.8 Å². The van der Waals surface area contributed by atoms with Crippen LogP contribution >= 0.6 is 0 Å². The largest absolute Gasteiger partial charge is 0.744 e. The summed E-state index contributed by atoms with van der Waals surface area (Å²) in [5.74, 6) is -0.690. The second kappa shape index (κ2) is 6.51. The predicted octanol–water partition coefficient (Wildman–Crippen LogP) is 4.79. The van der Waals surface area contributed by atoms with Gasteiger partial charge in [0, 0.05) is 5.39 Å². The monoisotopic (exact) mass is 369 g/mol. The fourth-order valence-electron chi connectivity index (χ4n) is 2.78. The van der Waals surface area contributed by atoms with E-state index >= 15 is 0 Å². The van der Waals surface area contributed by atoms with Gasteiger partial charge in [0.05, 0.1) is 10.6 Å². The fourth-order valence-corrected chi connectivity index (χ4v) is 3.39. The second-order valence-corrected chi connectivity index (χ2v) is 7.59. The van der Waals surface area contributed by atoms with E-state index in [9.17, 15) is 18.1 Å². The molecule has 0 saturated carbocycles. The molecule has 3 rings (SSSR count). The van der Waals surface area contributed by atoms with Crippen LogP contribution in [0.15, 0.2) is 57.6 Å². The van der Waals surface area contributed by atoms with Crippen LogP contribution in [0.4, 0.5) is 11.4 Å². The first-order valence-corrected chi connectivity index (χ1v) is 9.29. The molecule has 3 aromatic carbocycles. The second-order valence-electron chi connectivity index (χ2n) is 6.24. The normalized spacial score (nSPS) is 12.2. The van der Waals surface area contributed by atoms with Crippen LogP contribution in [-0.4, -0.2) is 18.1 Å². The lowest BCUT2D eigenvalue weighted by atomic mass is 10.1. The molecule has 0 amide bonds. The van der Waals surface area contributed by atoms with Gasteiger partial charge in [0.2, 0.25) is 0 Å². The number of hydrogen-bond donors (Lipinski definition) is 1. The number of azo groups is 1. The van der Waals surface area contributed by atoms with Crippen LogP contribution in [0.5, 0.6) is 5.75 Å². The van der Waals surface area contributed by atoms with Crippen molar-refractivity contribution in [1.82, 2.24) is 0 Å². The minimum atomic E-state index is -4.86. The van der Waals surface area contributed by atoms with Gasteiger partial charge in [-0.1, -0.05) is 41.5 Å². The summed E-state index contributed by atoms with van der Waals surface area (Å²) in [6.07, 6.45) is 0. The molecule has 0 aliphatic heterocycles. The topological polar surface area (TPSA) is 102 Å². The van der Waals surface area contributed by atoms with Crippen LogP contribution in [0, 0.1) is 20.8 Å². The highest BCUT2D eigenvalue weighted by Gasteiger charge is 2.17. The summed E-state index contributed by atoms with van der Waals surface area (Å²) in [5.41, 5.74) is 3.39. The SMILES string of the molecule is Cc1ccc(N=Nc2c(O)c(S(=O)(=O)[O-])cc3cc(C)ccc23)c(C)c1. The number of aromatic hydroxyl groups is 1. The fraction of sp³-hybridized carbons (Fsp3) is 0.158. The number of hydrogen-bond acceptors (Lipinski definition) is 6. The highest BCUT2D eigenvalue weighted by Crippen LogP contribution is 2.41. The molecule has 0 fully saturated rings. The Morgan fingerprint density at radius 1 is 0.923 bits per heavy atom. The summed E-state index contributed by atoms with van der Waals surface area (Å²) in [5, 5.41) is 19.6. The van der Waals surface area contributed by atoms with Crippen LogP contribution in [-0.2, 0) is 10.1 Å². The van der Waals surface area contributed by atoms with Gasteiger partial charge in [0.1, 0.15) is 15.8 Å². The third-order valence-electron chi connectivity index (χ3n) is 4.09. The number of phenolic OH excluding ortho intramolecular Hbond substituents is 1. The first kappa shape index (κ1) is 18.0. The quantitative estimate of drug-likeness (QED) is 0.529. The van der Waals surface area contributed by atoms with Crippen molar-refractivity contribution < 1.29 is 18.1 Å². The Balaban J connectivity index is 2.26. The Bertz CT molecular complexity index is 1150. The summed E-state index contributed by atoms with van der Waals surface area (Å²) in [6, 6.07) is 12.0.